The van der Waals surface area contributed by atoms with Crippen molar-refractivity contribution in [1.29, 1.82) is 0 Å². The van der Waals surface area contributed by atoms with E-state index in [0.29, 0.717) is 24.8 Å². The number of benzene rings is 1. The molecule has 0 heterocycles. The number of hydrogen-bond acceptors (Lipinski definition) is 2. The Bertz CT molecular complexity index is 701. The molecule has 4 nitrogen and oxygen atoms in total. The van der Waals surface area contributed by atoms with Crippen LogP contribution in [0.2, 0.25) is 0 Å². The van der Waals surface area contributed by atoms with Gasteiger partial charge < -0.3 is 10.6 Å². The molecule has 1 aromatic rings. The first kappa shape index (κ1) is 17.5. The molecule has 4 bridgehead atoms. The van der Waals surface area contributed by atoms with Gasteiger partial charge >= 0.3 is 0 Å². The van der Waals surface area contributed by atoms with Gasteiger partial charge in [0.2, 0.25) is 11.8 Å². The van der Waals surface area contributed by atoms with Gasteiger partial charge in [0, 0.05) is 19.0 Å². The van der Waals surface area contributed by atoms with Crippen LogP contribution in [0.1, 0.15) is 51.0 Å². The maximum Gasteiger partial charge on any atom is 0.226 e. The van der Waals surface area contributed by atoms with Gasteiger partial charge in [-0.05, 0) is 74.5 Å². The van der Waals surface area contributed by atoms with Crippen molar-refractivity contribution < 1.29 is 14.0 Å². The highest BCUT2D eigenvalue weighted by atomic mass is 19.1. The molecular weight excluding hydrogens is 331 g/mol. The van der Waals surface area contributed by atoms with E-state index in [0.717, 1.165) is 37.7 Å². The molecule has 0 spiro atoms. The first-order chi connectivity index (χ1) is 12.4. The van der Waals surface area contributed by atoms with Crippen molar-refractivity contribution in [3.63, 3.8) is 0 Å². The van der Waals surface area contributed by atoms with Crippen LogP contribution < -0.4 is 10.6 Å². The van der Waals surface area contributed by atoms with Crippen LogP contribution in [0.4, 0.5) is 4.39 Å². The number of amides is 2. The number of nitrogens with one attached hydrogen (secondary N) is 2. The van der Waals surface area contributed by atoms with E-state index >= 15 is 0 Å². The molecule has 4 fully saturated rings. The first-order valence-corrected chi connectivity index (χ1v) is 9.70. The van der Waals surface area contributed by atoms with Gasteiger partial charge in [-0.15, -0.1) is 0 Å². The molecule has 2 amide bonds. The average Bonchev–Trinajstić information content (AvgIpc) is 2.54. The summed E-state index contributed by atoms with van der Waals surface area (Å²) >= 11 is 0. The Labute approximate surface area is 153 Å². The molecule has 0 aromatic heterocycles. The fraction of sp³-hybridized carbons (Fsp3) is 0.619. The summed E-state index contributed by atoms with van der Waals surface area (Å²) in [5, 5.41) is 6.33. The monoisotopic (exact) mass is 358 g/mol. The third-order valence-corrected chi connectivity index (χ3v) is 6.60. The van der Waals surface area contributed by atoms with Crippen molar-refractivity contribution in [1.82, 2.24) is 10.6 Å². The molecule has 5 heteroatoms. The minimum atomic E-state index is -0.324. The zero-order valence-corrected chi connectivity index (χ0v) is 15.3. The zero-order chi connectivity index (χ0) is 18.4. The lowest BCUT2D eigenvalue weighted by Crippen LogP contribution is -2.65. The summed E-state index contributed by atoms with van der Waals surface area (Å²) in [4.78, 5) is 24.8. The van der Waals surface area contributed by atoms with Crippen molar-refractivity contribution in [2.45, 2.75) is 57.4 Å². The first-order valence-electron chi connectivity index (χ1n) is 9.70. The minimum Gasteiger partial charge on any atom is -0.355 e. The predicted molar refractivity (Wildman–Crippen MR) is 96.8 cm³/mol. The SMILES string of the molecule is CC(=O)NC12CC3CC(C1)CC(C(=O)NCCc1ccc(F)cc1)(C3)C2. The lowest BCUT2D eigenvalue weighted by Gasteiger charge is -2.61. The Morgan fingerprint density at radius 1 is 1.12 bits per heavy atom. The molecule has 0 saturated heterocycles. The molecule has 0 radical (unpaired) electrons. The molecule has 4 aliphatic carbocycles. The van der Waals surface area contributed by atoms with E-state index in [1.54, 1.807) is 19.1 Å². The lowest BCUT2D eigenvalue weighted by molar-refractivity contribution is -0.153. The zero-order valence-electron chi connectivity index (χ0n) is 15.3. The smallest absolute Gasteiger partial charge is 0.226 e. The molecule has 5 rings (SSSR count). The number of hydrogen-bond donors (Lipinski definition) is 2. The van der Waals surface area contributed by atoms with E-state index in [9.17, 15) is 14.0 Å². The second-order valence-corrected chi connectivity index (χ2v) is 8.84. The molecule has 1 aromatic carbocycles. The van der Waals surface area contributed by atoms with Gasteiger partial charge in [-0.1, -0.05) is 12.1 Å². The van der Waals surface area contributed by atoms with Crippen LogP contribution in [0.3, 0.4) is 0 Å². The topological polar surface area (TPSA) is 58.2 Å². The maximum absolute atomic E-state index is 13.1. The Kier molecular flexibility index (Phi) is 4.28. The largest absolute Gasteiger partial charge is 0.355 e. The van der Waals surface area contributed by atoms with E-state index in [2.05, 4.69) is 10.6 Å². The molecular formula is C21H27FN2O2. The Hall–Kier alpha value is -1.91. The van der Waals surface area contributed by atoms with E-state index in [1.165, 1.54) is 18.6 Å². The van der Waals surface area contributed by atoms with Gasteiger partial charge in [-0.3, -0.25) is 9.59 Å². The van der Waals surface area contributed by atoms with Crippen LogP contribution in [-0.4, -0.2) is 23.9 Å². The highest BCUT2D eigenvalue weighted by molar-refractivity contribution is 5.84. The van der Waals surface area contributed by atoms with Gasteiger partial charge in [0.25, 0.3) is 0 Å². The molecule has 2 atom stereocenters. The third-order valence-electron chi connectivity index (χ3n) is 6.60. The number of rotatable bonds is 5. The van der Waals surface area contributed by atoms with Gasteiger partial charge in [0.15, 0.2) is 0 Å². The summed E-state index contributed by atoms with van der Waals surface area (Å²) in [7, 11) is 0. The number of carbonyl (C=O) groups excluding carboxylic acids is 2. The fourth-order valence-corrected chi connectivity index (χ4v) is 6.21. The maximum atomic E-state index is 13.1. The summed E-state index contributed by atoms with van der Waals surface area (Å²) < 4.78 is 13.0. The molecule has 0 aliphatic heterocycles. The van der Waals surface area contributed by atoms with Gasteiger partial charge in [0.1, 0.15) is 5.82 Å². The summed E-state index contributed by atoms with van der Waals surface area (Å²) in [6, 6.07) is 6.43. The summed E-state index contributed by atoms with van der Waals surface area (Å²) in [5.74, 6) is 1.01. The van der Waals surface area contributed by atoms with Crippen molar-refractivity contribution >= 4 is 11.8 Å². The van der Waals surface area contributed by atoms with E-state index in [1.807, 2.05) is 0 Å². The van der Waals surface area contributed by atoms with Gasteiger partial charge in [0.05, 0.1) is 5.41 Å². The molecule has 4 saturated carbocycles. The second kappa shape index (κ2) is 6.36. The van der Waals surface area contributed by atoms with Gasteiger partial charge in [-0.25, -0.2) is 4.39 Å². The van der Waals surface area contributed by atoms with Crippen LogP contribution in [-0.2, 0) is 16.0 Å². The number of carbonyl (C=O) groups is 2. The van der Waals surface area contributed by atoms with Crippen molar-refractivity contribution in [3.8, 4) is 0 Å². The summed E-state index contributed by atoms with van der Waals surface area (Å²) in [6.07, 6.45) is 6.62. The third kappa shape index (κ3) is 3.24. The predicted octanol–water partition coefficient (Wildman–Crippen LogP) is 2.96. The lowest BCUT2D eigenvalue weighted by atomic mass is 9.46. The van der Waals surface area contributed by atoms with Gasteiger partial charge in [-0.2, -0.15) is 0 Å². The highest BCUT2D eigenvalue weighted by Gasteiger charge is 2.60. The molecule has 26 heavy (non-hydrogen) atoms. The standard InChI is InChI=1S/C21H27FN2O2/c1-14(25)24-21-11-16-8-17(12-21)10-20(9-16,13-21)19(26)23-7-6-15-2-4-18(22)5-3-15/h2-5,16-17H,6-13H2,1H3,(H,23,26)(H,24,25). The normalized spacial score (nSPS) is 34.5. The molecule has 4 aliphatic rings. The van der Waals surface area contributed by atoms with E-state index < -0.39 is 0 Å². The van der Waals surface area contributed by atoms with Crippen molar-refractivity contribution in [3.05, 3.63) is 35.6 Å². The molecule has 140 valence electrons. The average molecular weight is 358 g/mol. The van der Waals surface area contributed by atoms with Crippen LogP contribution in [0.25, 0.3) is 0 Å². The van der Waals surface area contributed by atoms with Crippen LogP contribution in [0.15, 0.2) is 24.3 Å². The Morgan fingerprint density at radius 3 is 2.38 bits per heavy atom. The van der Waals surface area contributed by atoms with E-state index in [-0.39, 0.29) is 28.6 Å². The summed E-state index contributed by atoms with van der Waals surface area (Å²) in [5.41, 5.74) is 0.520. The fourth-order valence-electron chi connectivity index (χ4n) is 6.21. The second-order valence-electron chi connectivity index (χ2n) is 8.84. The van der Waals surface area contributed by atoms with Crippen LogP contribution in [0.5, 0.6) is 0 Å². The Balaban J connectivity index is 1.42. The van der Waals surface area contributed by atoms with Crippen molar-refractivity contribution in [2.75, 3.05) is 6.54 Å². The highest BCUT2D eigenvalue weighted by Crippen LogP contribution is 2.61. The quantitative estimate of drug-likeness (QED) is 0.850. The minimum absolute atomic E-state index is 0.0128. The van der Waals surface area contributed by atoms with E-state index in [4.69, 9.17) is 0 Å². The molecule has 2 N–H and O–H groups in total. The van der Waals surface area contributed by atoms with Crippen LogP contribution >= 0.6 is 0 Å². The Morgan fingerprint density at radius 2 is 1.77 bits per heavy atom. The van der Waals surface area contributed by atoms with Crippen molar-refractivity contribution in [2.24, 2.45) is 17.3 Å². The summed E-state index contributed by atoms with van der Waals surface area (Å²) in [6.45, 7) is 2.14. The van der Waals surface area contributed by atoms with Crippen LogP contribution in [0, 0.1) is 23.1 Å². The molecule has 2 unspecified atom stereocenters. The number of halogens is 1.